The van der Waals surface area contributed by atoms with Crippen LogP contribution < -0.4 is 5.32 Å². The summed E-state index contributed by atoms with van der Waals surface area (Å²) >= 11 is 0. The van der Waals surface area contributed by atoms with Gasteiger partial charge in [0.2, 0.25) is 0 Å². The summed E-state index contributed by atoms with van der Waals surface area (Å²) in [6.45, 7) is 5.15. The van der Waals surface area contributed by atoms with E-state index in [1.54, 1.807) is 0 Å². The van der Waals surface area contributed by atoms with Crippen LogP contribution in [-0.4, -0.2) is 38.1 Å². The van der Waals surface area contributed by atoms with Gasteiger partial charge >= 0.3 is 0 Å². The van der Waals surface area contributed by atoms with Crippen molar-refractivity contribution in [3.05, 3.63) is 0 Å². The molecule has 0 spiro atoms. The molecule has 0 amide bonds. The average molecular weight is 154 g/mol. The fourth-order valence-electron chi connectivity index (χ4n) is 2.45. The van der Waals surface area contributed by atoms with E-state index in [0.29, 0.717) is 0 Å². The molecule has 0 saturated carbocycles. The fourth-order valence-corrected chi connectivity index (χ4v) is 2.45. The van der Waals surface area contributed by atoms with Gasteiger partial charge in [0, 0.05) is 6.54 Å². The van der Waals surface area contributed by atoms with Crippen molar-refractivity contribution in [3.63, 3.8) is 0 Å². The van der Waals surface area contributed by atoms with Crippen LogP contribution >= 0.6 is 0 Å². The zero-order valence-corrected chi connectivity index (χ0v) is 7.34. The van der Waals surface area contributed by atoms with Crippen molar-refractivity contribution in [1.29, 1.82) is 0 Å². The van der Waals surface area contributed by atoms with Gasteiger partial charge in [0.05, 0.1) is 0 Å². The quantitative estimate of drug-likeness (QED) is 0.548. The fraction of sp³-hybridized carbons (Fsp3) is 1.00. The third-order valence-electron chi connectivity index (χ3n) is 3.19. The Hall–Kier alpha value is -0.0800. The molecular formula is C9H18N2. The minimum atomic E-state index is 0.947. The van der Waals surface area contributed by atoms with Gasteiger partial charge in [-0.3, -0.25) is 0 Å². The third kappa shape index (κ3) is 1.57. The van der Waals surface area contributed by atoms with E-state index in [1.165, 1.54) is 39.0 Å². The second-order valence-electron chi connectivity index (χ2n) is 4.06. The Kier molecular flexibility index (Phi) is 2.14. The third-order valence-corrected chi connectivity index (χ3v) is 3.19. The van der Waals surface area contributed by atoms with Crippen molar-refractivity contribution < 1.29 is 0 Å². The van der Waals surface area contributed by atoms with Crippen molar-refractivity contribution in [2.24, 2.45) is 11.8 Å². The molecule has 0 unspecified atom stereocenters. The normalized spacial score (nSPS) is 40.1. The largest absolute Gasteiger partial charge is 0.316 e. The number of piperidine rings is 2. The molecule has 2 saturated heterocycles. The van der Waals surface area contributed by atoms with Crippen LogP contribution in [0.4, 0.5) is 0 Å². The summed E-state index contributed by atoms with van der Waals surface area (Å²) in [6, 6.07) is 0. The van der Waals surface area contributed by atoms with Crippen LogP contribution in [0.15, 0.2) is 0 Å². The molecule has 2 rings (SSSR count). The maximum Gasteiger partial charge on any atom is 0.00214 e. The van der Waals surface area contributed by atoms with Gasteiger partial charge < -0.3 is 10.2 Å². The monoisotopic (exact) mass is 154 g/mol. The van der Waals surface area contributed by atoms with E-state index in [0.717, 1.165) is 11.8 Å². The van der Waals surface area contributed by atoms with Crippen molar-refractivity contribution >= 4 is 0 Å². The Labute approximate surface area is 69.0 Å². The number of fused-ring (bicyclic) bond motifs is 1. The highest BCUT2D eigenvalue weighted by Gasteiger charge is 2.29. The van der Waals surface area contributed by atoms with Gasteiger partial charge in [0.15, 0.2) is 0 Å². The summed E-state index contributed by atoms with van der Waals surface area (Å²) in [4.78, 5) is 2.47. The molecule has 11 heavy (non-hydrogen) atoms. The van der Waals surface area contributed by atoms with Gasteiger partial charge in [-0.25, -0.2) is 0 Å². The molecule has 1 N–H and O–H groups in total. The van der Waals surface area contributed by atoms with Crippen LogP contribution in [0.3, 0.4) is 0 Å². The van der Waals surface area contributed by atoms with Crippen LogP contribution in [0.25, 0.3) is 0 Å². The predicted octanol–water partition coefficient (Wildman–Crippen LogP) is 0.548. The lowest BCUT2D eigenvalue weighted by Gasteiger charge is -2.40. The SMILES string of the molecule is CN1CC[C@@H]2CCNC[C@@H]2C1. The highest BCUT2D eigenvalue weighted by molar-refractivity contribution is 4.84. The number of nitrogens with zero attached hydrogens (tertiary/aromatic N) is 1. The first-order valence-corrected chi connectivity index (χ1v) is 4.75. The minimum Gasteiger partial charge on any atom is -0.316 e. The predicted molar refractivity (Wildman–Crippen MR) is 46.6 cm³/mol. The molecule has 2 atom stereocenters. The molecule has 0 aromatic carbocycles. The Balaban J connectivity index is 1.93. The van der Waals surface area contributed by atoms with Crippen LogP contribution in [0.1, 0.15) is 12.8 Å². The molecule has 0 bridgehead atoms. The molecular weight excluding hydrogens is 136 g/mol. The Morgan fingerprint density at radius 3 is 3.09 bits per heavy atom. The zero-order chi connectivity index (χ0) is 7.68. The smallest absolute Gasteiger partial charge is 0.00214 e. The molecule has 2 aliphatic heterocycles. The van der Waals surface area contributed by atoms with Crippen LogP contribution in [0.2, 0.25) is 0 Å². The van der Waals surface area contributed by atoms with E-state index < -0.39 is 0 Å². The van der Waals surface area contributed by atoms with Crippen molar-refractivity contribution in [1.82, 2.24) is 10.2 Å². The van der Waals surface area contributed by atoms with E-state index in [9.17, 15) is 0 Å². The van der Waals surface area contributed by atoms with Gasteiger partial charge in [-0.2, -0.15) is 0 Å². The van der Waals surface area contributed by atoms with Gasteiger partial charge in [-0.1, -0.05) is 0 Å². The van der Waals surface area contributed by atoms with Gasteiger partial charge in [0.1, 0.15) is 0 Å². The van der Waals surface area contributed by atoms with Crippen molar-refractivity contribution in [2.75, 3.05) is 33.2 Å². The van der Waals surface area contributed by atoms with Gasteiger partial charge in [-0.05, 0) is 51.4 Å². The molecule has 64 valence electrons. The minimum absolute atomic E-state index is 0.947. The number of hydrogen-bond donors (Lipinski definition) is 1. The maximum absolute atomic E-state index is 3.48. The first kappa shape index (κ1) is 7.56. The molecule has 2 heteroatoms. The highest BCUT2D eigenvalue weighted by atomic mass is 15.1. The van der Waals surface area contributed by atoms with Gasteiger partial charge in [-0.15, -0.1) is 0 Å². The van der Waals surface area contributed by atoms with E-state index in [-0.39, 0.29) is 0 Å². The average Bonchev–Trinajstić information content (AvgIpc) is 2.04. The van der Waals surface area contributed by atoms with Crippen molar-refractivity contribution in [2.45, 2.75) is 12.8 Å². The van der Waals surface area contributed by atoms with Crippen LogP contribution in [-0.2, 0) is 0 Å². The molecule has 2 heterocycles. The number of rotatable bonds is 0. The summed E-state index contributed by atoms with van der Waals surface area (Å²) in [5.74, 6) is 1.98. The summed E-state index contributed by atoms with van der Waals surface area (Å²) in [5.41, 5.74) is 0. The first-order valence-electron chi connectivity index (χ1n) is 4.75. The van der Waals surface area contributed by atoms with Crippen LogP contribution in [0.5, 0.6) is 0 Å². The van der Waals surface area contributed by atoms with E-state index in [1.807, 2.05) is 0 Å². The summed E-state index contributed by atoms with van der Waals surface area (Å²) in [5, 5.41) is 3.48. The molecule has 0 radical (unpaired) electrons. The zero-order valence-electron chi connectivity index (χ0n) is 7.34. The topological polar surface area (TPSA) is 15.3 Å². The molecule has 0 aromatic heterocycles. The summed E-state index contributed by atoms with van der Waals surface area (Å²) < 4.78 is 0. The molecule has 2 aliphatic rings. The van der Waals surface area contributed by atoms with E-state index >= 15 is 0 Å². The number of likely N-dealkylation sites (tertiary alicyclic amines) is 1. The molecule has 2 nitrogen and oxygen atoms in total. The highest BCUT2D eigenvalue weighted by Crippen LogP contribution is 2.27. The lowest BCUT2D eigenvalue weighted by atomic mass is 9.81. The number of hydrogen-bond acceptors (Lipinski definition) is 2. The Morgan fingerprint density at radius 2 is 2.18 bits per heavy atom. The summed E-state index contributed by atoms with van der Waals surface area (Å²) in [6.07, 6.45) is 2.85. The van der Waals surface area contributed by atoms with Crippen LogP contribution in [0, 0.1) is 11.8 Å². The lowest BCUT2D eigenvalue weighted by molar-refractivity contribution is 0.115. The number of nitrogens with one attached hydrogen (secondary N) is 1. The Bertz CT molecular complexity index is 136. The second-order valence-corrected chi connectivity index (χ2v) is 4.06. The molecule has 2 fully saturated rings. The van der Waals surface area contributed by atoms with Gasteiger partial charge in [0.25, 0.3) is 0 Å². The maximum atomic E-state index is 3.48. The molecule has 0 aromatic rings. The molecule has 0 aliphatic carbocycles. The summed E-state index contributed by atoms with van der Waals surface area (Å²) in [7, 11) is 2.24. The van der Waals surface area contributed by atoms with Crippen molar-refractivity contribution in [3.8, 4) is 0 Å². The first-order chi connectivity index (χ1) is 5.36. The van der Waals surface area contributed by atoms with E-state index in [4.69, 9.17) is 0 Å². The second kappa shape index (κ2) is 3.11. The lowest BCUT2D eigenvalue weighted by Crippen LogP contribution is -2.47. The van der Waals surface area contributed by atoms with E-state index in [2.05, 4.69) is 17.3 Å². The standard InChI is InChI=1S/C9H18N2/c1-11-5-3-8-2-4-10-6-9(8)7-11/h8-10H,2-7H2,1H3/t8-,9+/m0/s1. The Morgan fingerprint density at radius 1 is 1.27 bits per heavy atom.